The Bertz CT molecular complexity index is 649. The van der Waals surface area contributed by atoms with Crippen LogP contribution in [-0.2, 0) is 16.4 Å². The average Bonchev–Trinajstić information content (AvgIpc) is 2.54. The molecule has 2 heterocycles. The van der Waals surface area contributed by atoms with Crippen LogP contribution < -0.4 is 5.14 Å². The Hall–Kier alpha value is -1.54. The second-order valence-electron chi connectivity index (χ2n) is 3.19. The monoisotopic (exact) mass is 244 g/mol. The van der Waals surface area contributed by atoms with E-state index in [1.165, 1.54) is 6.07 Å². The molecule has 0 aromatic carbocycles. The number of primary sulfonamides is 1. The van der Waals surface area contributed by atoms with Crippen LogP contribution in [0.15, 0.2) is 17.2 Å². The number of sulfonamides is 1. The van der Waals surface area contributed by atoms with Crippen molar-refractivity contribution < 1.29 is 12.8 Å². The van der Waals surface area contributed by atoms with Crippen molar-refractivity contribution in [3.05, 3.63) is 23.8 Å². The van der Waals surface area contributed by atoms with Crippen LogP contribution in [0.4, 0.5) is 4.39 Å². The highest BCUT2D eigenvalue weighted by atomic mass is 32.2. The van der Waals surface area contributed by atoms with Gasteiger partial charge in [-0.2, -0.15) is 8.91 Å². The van der Waals surface area contributed by atoms with Crippen molar-refractivity contribution in [1.82, 2.24) is 14.6 Å². The zero-order chi connectivity index (χ0) is 11.9. The molecule has 2 rings (SSSR count). The van der Waals surface area contributed by atoms with Crippen LogP contribution in [-0.4, -0.2) is 23.0 Å². The Labute approximate surface area is 91.0 Å². The normalized spacial score (nSPS) is 12.2. The number of fused-ring (bicyclic) bond motifs is 1. The zero-order valence-electron chi connectivity index (χ0n) is 8.38. The molecule has 0 aliphatic carbocycles. The summed E-state index contributed by atoms with van der Waals surface area (Å²) < 4.78 is 36.5. The van der Waals surface area contributed by atoms with Crippen LogP contribution in [0.25, 0.3) is 5.65 Å². The van der Waals surface area contributed by atoms with Crippen LogP contribution in [0, 0.1) is 5.95 Å². The maximum absolute atomic E-state index is 12.9. The van der Waals surface area contributed by atoms with Crippen molar-refractivity contribution >= 4 is 15.7 Å². The van der Waals surface area contributed by atoms with Gasteiger partial charge in [0.25, 0.3) is 10.0 Å². The Balaban J connectivity index is 2.92. The molecule has 0 saturated heterocycles. The molecule has 0 fully saturated rings. The Morgan fingerprint density at radius 3 is 2.75 bits per heavy atom. The van der Waals surface area contributed by atoms with Crippen LogP contribution in [0.1, 0.15) is 12.6 Å². The third-order valence-corrected chi connectivity index (χ3v) is 3.02. The largest absolute Gasteiger partial charge is 0.257 e. The molecule has 2 aromatic rings. The van der Waals surface area contributed by atoms with E-state index in [2.05, 4.69) is 10.1 Å². The van der Waals surface area contributed by atoms with Gasteiger partial charge in [0.15, 0.2) is 10.7 Å². The minimum absolute atomic E-state index is 0.252. The lowest BCUT2D eigenvalue weighted by molar-refractivity contribution is 0.540. The lowest BCUT2D eigenvalue weighted by atomic mass is 10.4. The third kappa shape index (κ3) is 1.65. The van der Waals surface area contributed by atoms with Gasteiger partial charge in [-0.3, -0.25) is 0 Å². The minimum Gasteiger partial charge on any atom is -0.231 e. The third-order valence-electron chi connectivity index (χ3n) is 2.08. The van der Waals surface area contributed by atoms with Gasteiger partial charge >= 0.3 is 0 Å². The van der Waals surface area contributed by atoms with E-state index < -0.39 is 16.0 Å². The van der Waals surface area contributed by atoms with Gasteiger partial charge in [-0.05, 0) is 18.6 Å². The fraction of sp³-hybridized carbons (Fsp3) is 0.250. The van der Waals surface area contributed by atoms with Crippen molar-refractivity contribution in [3.8, 4) is 0 Å². The summed E-state index contributed by atoms with van der Waals surface area (Å²) in [5, 5.41) is 8.22. The second-order valence-corrected chi connectivity index (χ2v) is 4.66. The Morgan fingerprint density at radius 2 is 2.19 bits per heavy atom. The molecule has 0 saturated carbocycles. The van der Waals surface area contributed by atoms with Crippen LogP contribution in [0.2, 0.25) is 0 Å². The molecule has 16 heavy (non-hydrogen) atoms. The number of imidazole rings is 1. The summed E-state index contributed by atoms with van der Waals surface area (Å²) >= 11 is 0. The molecule has 0 atom stereocenters. The molecular formula is C8H9FN4O2S. The van der Waals surface area contributed by atoms with E-state index >= 15 is 0 Å². The Morgan fingerprint density at radius 1 is 1.50 bits per heavy atom. The van der Waals surface area contributed by atoms with Crippen LogP contribution in [0.3, 0.4) is 0 Å². The first kappa shape index (κ1) is 11.0. The van der Waals surface area contributed by atoms with E-state index in [0.29, 0.717) is 6.42 Å². The molecule has 0 bridgehead atoms. The second kappa shape index (κ2) is 3.49. The number of aryl methyl sites for hydroxylation is 1. The van der Waals surface area contributed by atoms with E-state index in [-0.39, 0.29) is 16.4 Å². The highest BCUT2D eigenvalue weighted by Crippen LogP contribution is 2.16. The molecule has 8 heteroatoms. The van der Waals surface area contributed by atoms with E-state index in [4.69, 9.17) is 5.14 Å². The van der Waals surface area contributed by atoms with Gasteiger partial charge in [-0.1, -0.05) is 6.92 Å². The number of rotatable bonds is 2. The maximum atomic E-state index is 12.9. The maximum Gasteiger partial charge on any atom is 0.257 e. The van der Waals surface area contributed by atoms with E-state index in [0.717, 1.165) is 10.6 Å². The van der Waals surface area contributed by atoms with E-state index in [9.17, 15) is 12.8 Å². The van der Waals surface area contributed by atoms with Gasteiger partial charge in [0.2, 0.25) is 5.95 Å². The van der Waals surface area contributed by atoms with Gasteiger partial charge < -0.3 is 0 Å². The molecule has 0 unspecified atom stereocenters. The molecule has 86 valence electrons. The molecule has 0 aliphatic rings. The molecule has 0 aliphatic heterocycles. The predicted molar refractivity (Wildman–Crippen MR) is 53.7 cm³/mol. The summed E-state index contributed by atoms with van der Waals surface area (Å²) in [4.78, 5) is 4.01. The van der Waals surface area contributed by atoms with Gasteiger partial charge in [0.1, 0.15) is 0 Å². The van der Waals surface area contributed by atoms with E-state index in [1.807, 2.05) is 0 Å². The highest BCUT2D eigenvalue weighted by Gasteiger charge is 2.21. The van der Waals surface area contributed by atoms with Crippen molar-refractivity contribution in [1.29, 1.82) is 0 Å². The smallest absolute Gasteiger partial charge is 0.231 e. The van der Waals surface area contributed by atoms with Crippen molar-refractivity contribution in [2.24, 2.45) is 5.14 Å². The number of halogens is 1. The fourth-order valence-electron chi connectivity index (χ4n) is 1.45. The first-order valence-corrected chi connectivity index (χ1v) is 6.05. The summed E-state index contributed by atoms with van der Waals surface area (Å²) in [7, 11) is -3.97. The number of hydrogen-bond acceptors (Lipinski definition) is 4. The van der Waals surface area contributed by atoms with Gasteiger partial charge in [0.05, 0.1) is 5.69 Å². The molecular weight excluding hydrogens is 235 g/mol. The van der Waals surface area contributed by atoms with Gasteiger partial charge in [0, 0.05) is 0 Å². The highest BCUT2D eigenvalue weighted by molar-refractivity contribution is 7.89. The van der Waals surface area contributed by atoms with Crippen LogP contribution in [0.5, 0.6) is 0 Å². The number of nitrogens with two attached hydrogens (primary N) is 1. The standard InChI is InChI=1S/C8H9FN4O2S/c1-2-5-8(16(10,14)15)13-7(11-5)4-3-6(9)12-13/h3-4H,2H2,1H3,(H2,10,14,15). The number of aromatic nitrogens is 3. The minimum atomic E-state index is -3.97. The summed E-state index contributed by atoms with van der Waals surface area (Å²) in [5.74, 6) is -0.794. The van der Waals surface area contributed by atoms with Crippen molar-refractivity contribution in [3.63, 3.8) is 0 Å². The van der Waals surface area contributed by atoms with E-state index in [1.54, 1.807) is 6.92 Å². The average molecular weight is 244 g/mol. The predicted octanol–water partition coefficient (Wildman–Crippen LogP) is 0.0782. The fourth-order valence-corrected chi connectivity index (χ4v) is 2.35. The topological polar surface area (TPSA) is 90.3 Å². The summed E-state index contributed by atoms with van der Waals surface area (Å²) in [6, 6.07) is 2.45. The van der Waals surface area contributed by atoms with Gasteiger partial charge in [-0.25, -0.2) is 18.5 Å². The first-order valence-electron chi connectivity index (χ1n) is 4.50. The summed E-state index contributed by atoms with van der Waals surface area (Å²) in [5.41, 5.74) is 0.530. The quantitative estimate of drug-likeness (QED) is 0.809. The lowest BCUT2D eigenvalue weighted by Gasteiger charge is -1.99. The first-order chi connectivity index (χ1) is 7.43. The molecule has 0 amide bonds. The van der Waals surface area contributed by atoms with Crippen molar-refractivity contribution in [2.45, 2.75) is 18.4 Å². The molecule has 6 nitrogen and oxygen atoms in total. The SMILES string of the molecule is CCc1nc2ccc(F)nn2c1S(N)(=O)=O. The van der Waals surface area contributed by atoms with Gasteiger partial charge in [-0.15, -0.1) is 5.10 Å². The molecule has 0 radical (unpaired) electrons. The molecule has 2 aromatic heterocycles. The number of hydrogen-bond donors (Lipinski definition) is 1. The number of nitrogens with zero attached hydrogens (tertiary/aromatic N) is 3. The molecule has 2 N–H and O–H groups in total. The Kier molecular flexibility index (Phi) is 2.39. The molecule has 0 spiro atoms. The van der Waals surface area contributed by atoms with Crippen LogP contribution >= 0.6 is 0 Å². The summed E-state index contributed by atoms with van der Waals surface area (Å²) in [6.07, 6.45) is 0.372. The lowest BCUT2D eigenvalue weighted by Crippen LogP contribution is -2.17. The zero-order valence-corrected chi connectivity index (χ0v) is 9.20. The summed E-state index contributed by atoms with van der Waals surface area (Å²) in [6.45, 7) is 1.73. The van der Waals surface area contributed by atoms with Crippen molar-refractivity contribution in [2.75, 3.05) is 0 Å².